The van der Waals surface area contributed by atoms with E-state index >= 15 is 0 Å². The van der Waals surface area contributed by atoms with Gasteiger partial charge in [-0.25, -0.2) is 4.79 Å². The molecule has 1 aliphatic rings. The SMILES string of the molecule is CSC1CCC(NC(=O)NCC(O)c2ccc(C)cc2)C1. The Labute approximate surface area is 130 Å². The molecule has 2 amide bonds. The molecular formula is C16H24N2O2S. The van der Waals surface area contributed by atoms with Crippen LogP contribution in [0.15, 0.2) is 24.3 Å². The van der Waals surface area contributed by atoms with Crippen molar-refractivity contribution < 1.29 is 9.90 Å². The zero-order valence-electron chi connectivity index (χ0n) is 12.6. The Hall–Kier alpha value is -1.20. The quantitative estimate of drug-likeness (QED) is 0.783. The first-order valence-electron chi connectivity index (χ1n) is 7.40. The Kier molecular flexibility index (Phi) is 5.94. The first-order valence-corrected chi connectivity index (χ1v) is 8.69. The van der Waals surface area contributed by atoms with Gasteiger partial charge in [0.2, 0.25) is 0 Å². The molecule has 0 heterocycles. The maximum atomic E-state index is 11.8. The minimum Gasteiger partial charge on any atom is -0.387 e. The van der Waals surface area contributed by atoms with Gasteiger partial charge in [0.25, 0.3) is 0 Å². The van der Waals surface area contributed by atoms with Gasteiger partial charge in [-0.05, 0) is 38.0 Å². The molecule has 0 saturated heterocycles. The van der Waals surface area contributed by atoms with Crippen LogP contribution in [0.3, 0.4) is 0 Å². The number of aliphatic hydroxyl groups is 1. The largest absolute Gasteiger partial charge is 0.387 e. The second-order valence-corrected chi connectivity index (χ2v) is 6.79. The third kappa shape index (κ3) is 4.93. The number of rotatable bonds is 5. The Bertz CT molecular complexity index is 464. The summed E-state index contributed by atoms with van der Waals surface area (Å²) in [5.74, 6) is 0. The Balaban J connectivity index is 1.72. The molecule has 0 spiro atoms. The van der Waals surface area contributed by atoms with Crippen LogP contribution in [0.1, 0.15) is 36.5 Å². The van der Waals surface area contributed by atoms with Gasteiger partial charge in [-0.2, -0.15) is 11.8 Å². The standard InChI is InChI=1S/C16H24N2O2S/c1-11-3-5-12(6-4-11)15(19)10-17-16(20)18-13-7-8-14(9-13)21-2/h3-6,13-15,19H,7-10H2,1-2H3,(H2,17,18,20). The van der Waals surface area contributed by atoms with Crippen molar-refractivity contribution in [3.8, 4) is 0 Å². The molecule has 0 bridgehead atoms. The van der Waals surface area contributed by atoms with Crippen LogP contribution in [-0.2, 0) is 0 Å². The summed E-state index contributed by atoms with van der Waals surface area (Å²) < 4.78 is 0. The molecule has 116 valence electrons. The second kappa shape index (κ2) is 7.71. The first kappa shape index (κ1) is 16.2. The van der Waals surface area contributed by atoms with Crippen LogP contribution < -0.4 is 10.6 Å². The summed E-state index contributed by atoms with van der Waals surface area (Å²) in [7, 11) is 0. The van der Waals surface area contributed by atoms with Crippen molar-refractivity contribution in [2.75, 3.05) is 12.8 Å². The number of hydrogen-bond donors (Lipinski definition) is 3. The highest BCUT2D eigenvalue weighted by Gasteiger charge is 2.25. The van der Waals surface area contributed by atoms with Crippen molar-refractivity contribution in [3.63, 3.8) is 0 Å². The highest BCUT2D eigenvalue weighted by atomic mass is 32.2. The zero-order chi connectivity index (χ0) is 15.2. The predicted molar refractivity (Wildman–Crippen MR) is 87.6 cm³/mol. The summed E-state index contributed by atoms with van der Waals surface area (Å²) in [5.41, 5.74) is 1.98. The lowest BCUT2D eigenvalue weighted by atomic mass is 10.1. The molecule has 1 aromatic rings. The number of thioether (sulfide) groups is 1. The van der Waals surface area contributed by atoms with Crippen molar-refractivity contribution in [2.45, 2.75) is 43.6 Å². The number of aryl methyl sites for hydroxylation is 1. The molecule has 21 heavy (non-hydrogen) atoms. The molecule has 2 rings (SSSR count). The molecule has 0 radical (unpaired) electrons. The molecule has 1 aliphatic carbocycles. The van der Waals surface area contributed by atoms with E-state index in [9.17, 15) is 9.90 Å². The van der Waals surface area contributed by atoms with Crippen molar-refractivity contribution >= 4 is 17.8 Å². The fourth-order valence-electron chi connectivity index (χ4n) is 2.62. The van der Waals surface area contributed by atoms with E-state index in [0.717, 1.165) is 30.4 Å². The number of aliphatic hydroxyl groups excluding tert-OH is 1. The first-order chi connectivity index (χ1) is 10.1. The third-order valence-corrected chi connectivity index (χ3v) is 5.07. The normalized spacial score (nSPS) is 22.8. The highest BCUT2D eigenvalue weighted by Crippen LogP contribution is 2.28. The van der Waals surface area contributed by atoms with E-state index in [1.54, 1.807) is 0 Å². The van der Waals surface area contributed by atoms with Crippen LogP contribution in [0, 0.1) is 6.92 Å². The summed E-state index contributed by atoms with van der Waals surface area (Å²) in [6.07, 6.45) is 4.69. The molecule has 3 unspecified atom stereocenters. The predicted octanol–water partition coefficient (Wildman–Crippen LogP) is 2.61. The van der Waals surface area contributed by atoms with Crippen molar-refractivity contribution in [3.05, 3.63) is 35.4 Å². The molecular weight excluding hydrogens is 284 g/mol. The van der Waals surface area contributed by atoms with E-state index in [4.69, 9.17) is 0 Å². The van der Waals surface area contributed by atoms with Gasteiger partial charge in [-0.15, -0.1) is 0 Å². The van der Waals surface area contributed by atoms with Crippen LogP contribution in [-0.4, -0.2) is 35.2 Å². The van der Waals surface area contributed by atoms with Gasteiger partial charge < -0.3 is 15.7 Å². The molecule has 1 aromatic carbocycles. The molecule has 3 N–H and O–H groups in total. The van der Waals surface area contributed by atoms with E-state index < -0.39 is 6.10 Å². The minimum absolute atomic E-state index is 0.187. The summed E-state index contributed by atoms with van der Waals surface area (Å²) in [4.78, 5) is 11.8. The summed E-state index contributed by atoms with van der Waals surface area (Å²) in [6, 6.07) is 7.77. The van der Waals surface area contributed by atoms with E-state index in [1.165, 1.54) is 0 Å². The van der Waals surface area contributed by atoms with Gasteiger partial charge >= 0.3 is 6.03 Å². The van der Waals surface area contributed by atoms with Gasteiger partial charge in [-0.1, -0.05) is 29.8 Å². The highest BCUT2D eigenvalue weighted by molar-refractivity contribution is 7.99. The second-order valence-electron chi connectivity index (χ2n) is 5.65. The number of nitrogens with one attached hydrogen (secondary N) is 2. The summed E-state index contributed by atoms with van der Waals surface area (Å²) >= 11 is 1.87. The number of amides is 2. The summed E-state index contributed by atoms with van der Waals surface area (Å²) in [5, 5.41) is 16.4. The molecule has 1 saturated carbocycles. The van der Waals surface area contributed by atoms with Crippen LogP contribution in [0.4, 0.5) is 4.79 Å². The number of carbonyl (C=O) groups is 1. The van der Waals surface area contributed by atoms with E-state index in [-0.39, 0.29) is 18.6 Å². The number of carbonyl (C=O) groups excluding carboxylic acids is 1. The molecule has 0 aromatic heterocycles. The van der Waals surface area contributed by atoms with Gasteiger partial charge in [0.05, 0.1) is 6.10 Å². The lowest BCUT2D eigenvalue weighted by Crippen LogP contribution is -2.42. The van der Waals surface area contributed by atoms with Crippen molar-refractivity contribution in [2.24, 2.45) is 0 Å². The van der Waals surface area contributed by atoms with E-state index in [2.05, 4.69) is 16.9 Å². The van der Waals surface area contributed by atoms with Crippen LogP contribution in [0.2, 0.25) is 0 Å². The number of urea groups is 1. The number of benzene rings is 1. The zero-order valence-corrected chi connectivity index (χ0v) is 13.5. The lowest BCUT2D eigenvalue weighted by Gasteiger charge is -2.16. The molecule has 1 fully saturated rings. The van der Waals surface area contributed by atoms with Gasteiger partial charge in [0.1, 0.15) is 0 Å². The topological polar surface area (TPSA) is 61.4 Å². The smallest absolute Gasteiger partial charge is 0.315 e. The maximum absolute atomic E-state index is 11.8. The average Bonchev–Trinajstić information content (AvgIpc) is 2.93. The van der Waals surface area contributed by atoms with Crippen molar-refractivity contribution in [1.29, 1.82) is 0 Å². The Morgan fingerprint density at radius 1 is 1.38 bits per heavy atom. The Morgan fingerprint density at radius 3 is 2.71 bits per heavy atom. The fraction of sp³-hybridized carbons (Fsp3) is 0.562. The maximum Gasteiger partial charge on any atom is 0.315 e. The lowest BCUT2D eigenvalue weighted by molar-refractivity contribution is 0.172. The van der Waals surface area contributed by atoms with Crippen molar-refractivity contribution in [1.82, 2.24) is 10.6 Å². The van der Waals surface area contributed by atoms with Crippen LogP contribution in [0.5, 0.6) is 0 Å². The van der Waals surface area contributed by atoms with Gasteiger partial charge in [0.15, 0.2) is 0 Å². The third-order valence-electron chi connectivity index (χ3n) is 3.97. The molecule has 5 heteroatoms. The number of hydrogen-bond acceptors (Lipinski definition) is 3. The fourth-order valence-corrected chi connectivity index (χ4v) is 3.41. The Morgan fingerprint density at radius 2 is 2.10 bits per heavy atom. The van der Waals surface area contributed by atoms with Gasteiger partial charge in [0, 0.05) is 17.8 Å². The average molecular weight is 308 g/mol. The van der Waals surface area contributed by atoms with Crippen LogP contribution >= 0.6 is 11.8 Å². The minimum atomic E-state index is -0.668. The molecule has 0 aliphatic heterocycles. The summed E-state index contributed by atoms with van der Waals surface area (Å²) in [6.45, 7) is 2.23. The van der Waals surface area contributed by atoms with Gasteiger partial charge in [-0.3, -0.25) is 0 Å². The van der Waals surface area contributed by atoms with E-state index in [0.29, 0.717) is 5.25 Å². The molecule has 4 nitrogen and oxygen atoms in total. The monoisotopic (exact) mass is 308 g/mol. The molecule has 3 atom stereocenters. The van der Waals surface area contributed by atoms with E-state index in [1.807, 2.05) is 43.0 Å². The van der Waals surface area contributed by atoms with Crippen LogP contribution in [0.25, 0.3) is 0 Å².